The molecule has 0 aliphatic rings. The molecule has 0 spiro atoms. The number of hydrogen-bond acceptors (Lipinski definition) is 2. The highest BCUT2D eigenvalue weighted by molar-refractivity contribution is 6.30. The molecule has 2 aromatic carbocycles. The van der Waals surface area contributed by atoms with Crippen LogP contribution >= 0.6 is 11.6 Å². The van der Waals surface area contributed by atoms with Gasteiger partial charge in [0.15, 0.2) is 0 Å². The Balaban J connectivity index is 1.97. The van der Waals surface area contributed by atoms with Crippen LogP contribution in [0.3, 0.4) is 0 Å². The SMILES string of the molecule is NC(CC(=O)Cc1ccc(Cl)c(F)c1)c1ccccc1. The lowest BCUT2D eigenvalue weighted by atomic mass is 9.99. The van der Waals surface area contributed by atoms with Gasteiger partial charge in [-0.25, -0.2) is 4.39 Å². The highest BCUT2D eigenvalue weighted by atomic mass is 35.5. The third kappa shape index (κ3) is 3.89. The summed E-state index contributed by atoms with van der Waals surface area (Å²) in [6.45, 7) is 0. The van der Waals surface area contributed by atoms with Crippen molar-refractivity contribution in [3.05, 3.63) is 70.5 Å². The van der Waals surface area contributed by atoms with E-state index in [1.165, 1.54) is 12.1 Å². The normalized spacial score (nSPS) is 12.2. The van der Waals surface area contributed by atoms with Crippen molar-refractivity contribution in [2.75, 3.05) is 0 Å². The zero-order chi connectivity index (χ0) is 14.5. The van der Waals surface area contributed by atoms with Gasteiger partial charge in [0.05, 0.1) is 5.02 Å². The Bertz CT molecular complexity index is 601. The largest absolute Gasteiger partial charge is 0.324 e. The van der Waals surface area contributed by atoms with Crippen molar-refractivity contribution in [2.45, 2.75) is 18.9 Å². The van der Waals surface area contributed by atoms with E-state index in [9.17, 15) is 9.18 Å². The number of carbonyl (C=O) groups is 1. The van der Waals surface area contributed by atoms with E-state index in [0.29, 0.717) is 5.56 Å². The predicted octanol–water partition coefficient (Wildman–Crippen LogP) is 3.68. The van der Waals surface area contributed by atoms with E-state index in [4.69, 9.17) is 17.3 Å². The third-order valence-electron chi connectivity index (χ3n) is 3.06. The maximum atomic E-state index is 13.3. The molecule has 0 aliphatic heterocycles. The van der Waals surface area contributed by atoms with Gasteiger partial charge in [-0.3, -0.25) is 4.79 Å². The Morgan fingerprint density at radius 3 is 2.55 bits per heavy atom. The second-order valence-corrected chi connectivity index (χ2v) is 5.09. The number of carbonyl (C=O) groups excluding carboxylic acids is 1. The van der Waals surface area contributed by atoms with Crippen LogP contribution in [0.15, 0.2) is 48.5 Å². The van der Waals surface area contributed by atoms with Gasteiger partial charge in [0.2, 0.25) is 0 Å². The third-order valence-corrected chi connectivity index (χ3v) is 3.37. The van der Waals surface area contributed by atoms with Crippen molar-refractivity contribution in [1.82, 2.24) is 0 Å². The van der Waals surface area contributed by atoms with E-state index in [0.717, 1.165) is 5.56 Å². The van der Waals surface area contributed by atoms with Crippen LogP contribution in [-0.4, -0.2) is 5.78 Å². The molecule has 0 radical (unpaired) electrons. The van der Waals surface area contributed by atoms with Crippen molar-refractivity contribution >= 4 is 17.4 Å². The van der Waals surface area contributed by atoms with Crippen LogP contribution in [0.1, 0.15) is 23.6 Å². The number of ketones is 1. The van der Waals surface area contributed by atoms with Crippen LogP contribution in [-0.2, 0) is 11.2 Å². The first-order valence-electron chi connectivity index (χ1n) is 6.32. The average molecular weight is 292 g/mol. The summed E-state index contributed by atoms with van der Waals surface area (Å²) in [5, 5.41) is 0.0576. The van der Waals surface area contributed by atoms with Crippen LogP contribution in [0, 0.1) is 5.82 Å². The van der Waals surface area contributed by atoms with Crippen molar-refractivity contribution in [1.29, 1.82) is 0 Å². The van der Waals surface area contributed by atoms with E-state index < -0.39 is 5.82 Å². The number of rotatable bonds is 5. The van der Waals surface area contributed by atoms with Crippen molar-refractivity contribution in [3.63, 3.8) is 0 Å². The smallest absolute Gasteiger partial charge is 0.142 e. The summed E-state index contributed by atoms with van der Waals surface area (Å²) in [5.41, 5.74) is 7.52. The van der Waals surface area contributed by atoms with Crippen LogP contribution in [0.25, 0.3) is 0 Å². The summed E-state index contributed by atoms with van der Waals surface area (Å²) in [6.07, 6.45) is 0.392. The van der Waals surface area contributed by atoms with E-state index in [2.05, 4.69) is 0 Å². The molecule has 2 aromatic rings. The van der Waals surface area contributed by atoms with Gasteiger partial charge in [-0.2, -0.15) is 0 Å². The quantitative estimate of drug-likeness (QED) is 0.913. The summed E-state index contributed by atoms with van der Waals surface area (Å²) in [4.78, 5) is 12.0. The molecule has 1 unspecified atom stereocenters. The lowest BCUT2D eigenvalue weighted by molar-refractivity contribution is -0.118. The zero-order valence-corrected chi connectivity index (χ0v) is 11.6. The van der Waals surface area contributed by atoms with E-state index in [1.54, 1.807) is 6.07 Å². The topological polar surface area (TPSA) is 43.1 Å². The van der Waals surface area contributed by atoms with Crippen molar-refractivity contribution < 1.29 is 9.18 Å². The minimum absolute atomic E-state index is 0.0249. The second kappa shape index (κ2) is 6.64. The Labute approximate surface area is 122 Å². The minimum atomic E-state index is -0.510. The van der Waals surface area contributed by atoms with Gasteiger partial charge < -0.3 is 5.73 Å². The molecule has 0 amide bonds. The molecular weight excluding hydrogens is 277 g/mol. The van der Waals surface area contributed by atoms with Crippen molar-refractivity contribution in [2.24, 2.45) is 5.73 Å². The molecule has 0 aliphatic carbocycles. The summed E-state index contributed by atoms with van der Waals surface area (Å²) in [5.74, 6) is -0.535. The van der Waals surface area contributed by atoms with E-state index in [-0.39, 0.29) is 29.7 Å². The summed E-state index contributed by atoms with van der Waals surface area (Å²) >= 11 is 5.60. The maximum Gasteiger partial charge on any atom is 0.142 e. The van der Waals surface area contributed by atoms with Crippen LogP contribution in [0.4, 0.5) is 4.39 Å². The summed E-state index contributed by atoms with van der Waals surface area (Å²) in [7, 11) is 0. The molecule has 2 nitrogen and oxygen atoms in total. The molecule has 0 saturated carbocycles. The second-order valence-electron chi connectivity index (χ2n) is 4.69. The Kier molecular flexibility index (Phi) is 4.88. The molecular formula is C16H15ClFNO. The molecule has 2 rings (SSSR count). The maximum absolute atomic E-state index is 13.3. The Morgan fingerprint density at radius 2 is 1.90 bits per heavy atom. The average Bonchev–Trinajstić information content (AvgIpc) is 2.44. The molecule has 104 valence electrons. The number of Topliss-reactive ketones (excluding diaryl/α,β-unsaturated/α-hetero) is 1. The molecule has 20 heavy (non-hydrogen) atoms. The molecule has 2 N–H and O–H groups in total. The molecule has 1 atom stereocenters. The Morgan fingerprint density at radius 1 is 1.20 bits per heavy atom. The Hall–Kier alpha value is -1.71. The van der Waals surface area contributed by atoms with Gasteiger partial charge >= 0.3 is 0 Å². The van der Waals surface area contributed by atoms with Crippen LogP contribution in [0.2, 0.25) is 5.02 Å². The summed E-state index contributed by atoms with van der Waals surface area (Å²) < 4.78 is 13.3. The van der Waals surface area contributed by atoms with Crippen LogP contribution < -0.4 is 5.73 Å². The molecule has 0 fully saturated rings. The standard InChI is InChI=1S/C16H15ClFNO/c17-14-7-6-11(9-15(14)18)8-13(20)10-16(19)12-4-2-1-3-5-12/h1-7,9,16H,8,10,19H2. The fourth-order valence-corrected chi connectivity index (χ4v) is 2.13. The fourth-order valence-electron chi connectivity index (χ4n) is 2.01. The lowest BCUT2D eigenvalue weighted by Crippen LogP contribution is -2.16. The number of hydrogen-bond donors (Lipinski definition) is 1. The monoisotopic (exact) mass is 291 g/mol. The highest BCUT2D eigenvalue weighted by Crippen LogP contribution is 2.18. The van der Waals surface area contributed by atoms with Crippen molar-refractivity contribution in [3.8, 4) is 0 Å². The van der Waals surface area contributed by atoms with Gasteiger partial charge in [-0.05, 0) is 23.3 Å². The fraction of sp³-hybridized carbons (Fsp3) is 0.188. The first-order chi connectivity index (χ1) is 9.56. The molecule has 0 aromatic heterocycles. The molecule has 0 bridgehead atoms. The van der Waals surface area contributed by atoms with Gasteiger partial charge in [0, 0.05) is 18.9 Å². The zero-order valence-electron chi connectivity index (χ0n) is 10.9. The minimum Gasteiger partial charge on any atom is -0.324 e. The van der Waals surface area contributed by atoms with Gasteiger partial charge in [-0.15, -0.1) is 0 Å². The number of benzene rings is 2. The first kappa shape index (κ1) is 14.7. The lowest BCUT2D eigenvalue weighted by Gasteiger charge is -2.11. The van der Waals surface area contributed by atoms with Crippen LogP contribution in [0.5, 0.6) is 0 Å². The first-order valence-corrected chi connectivity index (χ1v) is 6.70. The predicted molar refractivity (Wildman–Crippen MR) is 78.1 cm³/mol. The molecule has 0 saturated heterocycles. The number of nitrogens with two attached hydrogens (primary N) is 1. The van der Waals surface area contributed by atoms with E-state index in [1.807, 2.05) is 30.3 Å². The van der Waals surface area contributed by atoms with Gasteiger partial charge in [0.1, 0.15) is 11.6 Å². The molecule has 0 heterocycles. The highest BCUT2D eigenvalue weighted by Gasteiger charge is 2.12. The summed E-state index contributed by atoms with van der Waals surface area (Å²) in [6, 6.07) is 13.5. The van der Waals surface area contributed by atoms with Gasteiger partial charge in [-0.1, -0.05) is 48.0 Å². The van der Waals surface area contributed by atoms with E-state index >= 15 is 0 Å². The number of halogens is 2. The van der Waals surface area contributed by atoms with Gasteiger partial charge in [0.25, 0.3) is 0 Å². The molecule has 4 heteroatoms.